The van der Waals surface area contributed by atoms with Crippen LogP contribution in [0.25, 0.3) is 0 Å². The number of hydrogen-bond donors (Lipinski definition) is 0. The highest BCUT2D eigenvalue weighted by Gasteiger charge is 2.33. The van der Waals surface area contributed by atoms with Gasteiger partial charge in [-0.15, -0.1) is 0 Å². The fraction of sp³-hybridized carbons (Fsp3) is 0.286. The maximum atomic E-state index is 13.0. The van der Waals surface area contributed by atoms with Crippen LogP contribution in [0.15, 0.2) is 35.2 Å². The minimum Gasteiger partial charge on any atom is -0.465 e. The summed E-state index contributed by atoms with van der Waals surface area (Å²) in [6.45, 7) is 3.73. The number of esters is 2. The van der Waals surface area contributed by atoms with Gasteiger partial charge in [0, 0.05) is 6.42 Å². The summed E-state index contributed by atoms with van der Waals surface area (Å²) in [5.74, 6) is -2.01. The maximum absolute atomic E-state index is 13.0. The Bertz CT molecular complexity index is 1130. The van der Waals surface area contributed by atoms with Gasteiger partial charge in [0.15, 0.2) is 11.5 Å². The normalized spacial score (nSPS) is 15.5. The smallest absolute Gasteiger partial charge is 0.339 e. The topological polar surface area (TPSA) is 113 Å². The van der Waals surface area contributed by atoms with Gasteiger partial charge < -0.3 is 13.7 Å². The fourth-order valence-corrected chi connectivity index (χ4v) is 4.57. The van der Waals surface area contributed by atoms with E-state index in [1.165, 1.54) is 6.07 Å². The van der Waals surface area contributed by atoms with Crippen LogP contribution in [-0.2, 0) is 19.6 Å². The number of fused-ring (bicyclic) bond motifs is 1. The molecule has 8 nitrogen and oxygen atoms in total. The minimum absolute atomic E-state index is 0.0488. The first-order valence-corrected chi connectivity index (χ1v) is 10.4. The van der Waals surface area contributed by atoms with Crippen LogP contribution in [0.5, 0.6) is 5.75 Å². The Labute approximate surface area is 173 Å². The molecule has 3 rings (SSSR count). The number of carbonyl (C=O) groups is 3. The summed E-state index contributed by atoms with van der Waals surface area (Å²) in [5.41, 5.74) is 1.53. The van der Waals surface area contributed by atoms with Crippen LogP contribution in [0.4, 0.5) is 0 Å². The largest absolute Gasteiger partial charge is 0.465 e. The molecule has 0 aliphatic heterocycles. The summed E-state index contributed by atoms with van der Waals surface area (Å²) in [6.07, 6.45) is 0.265. The first-order valence-electron chi connectivity index (χ1n) is 9.02. The summed E-state index contributed by atoms with van der Waals surface area (Å²) in [6, 6.07) is 6.33. The van der Waals surface area contributed by atoms with Crippen molar-refractivity contribution in [3.8, 4) is 5.75 Å². The molecule has 1 atom stereocenters. The van der Waals surface area contributed by atoms with Gasteiger partial charge in [0.05, 0.1) is 30.9 Å². The van der Waals surface area contributed by atoms with Gasteiger partial charge in [-0.1, -0.05) is 13.0 Å². The number of aryl methyl sites for hydroxylation is 1. The number of carbonyl (C=O) groups excluding carboxylic acids is 3. The van der Waals surface area contributed by atoms with Gasteiger partial charge in [0.25, 0.3) is 0 Å². The number of ether oxygens (including phenoxy) is 2. The molecule has 1 unspecified atom stereocenters. The lowest BCUT2D eigenvalue weighted by Gasteiger charge is -2.14. The van der Waals surface area contributed by atoms with Crippen LogP contribution < -0.4 is 4.18 Å². The number of Topliss-reactive ketones (excluding diaryl/α,β-unsaturated/α-hetero) is 1. The second-order valence-electron chi connectivity index (χ2n) is 6.96. The molecule has 30 heavy (non-hydrogen) atoms. The van der Waals surface area contributed by atoms with E-state index in [1.807, 2.05) is 13.8 Å². The third-order valence-electron chi connectivity index (χ3n) is 4.93. The number of methoxy groups -OCH3 is 2. The summed E-state index contributed by atoms with van der Waals surface area (Å²) in [7, 11) is -2.23. The van der Waals surface area contributed by atoms with Gasteiger partial charge in [0.1, 0.15) is 4.90 Å². The first kappa shape index (κ1) is 21.5. The Balaban J connectivity index is 2.11. The van der Waals surface area contributed by atoms with Crippen molar-refractivity contribution in [2.24, 2.45) is 0 Å². The second kappa shape index (κ2) is 7.91. The molecule has 0 spiro atoms. The Morgan fingerprint density at radius 2 is 1.57 bits per heavy atom. The predicted molar refractivity (Wildman–Crippen MR) is 105 cm³/mol. The van der Waals surface area contributed by atoms with Crippen molar-refractivity contribution in [1.82, 2.24) is 0 Å². The van der Waals surface area contributed by atoms with Crippen molar-refractivity contribution in [3.05, 3.63) is 58.1 Å². The molecule has 1 aliphatic carbocycles. The minimum atomic E-state index is -4.48. The molecule has 0 saturated carbocycles. The lowest BCUT2D eigenvalue weighted by atomic mass is 9.98. The third kappa shape index (κ3) is 3.80. The van der Waals surface area contributed by atoms with Crippen molar-refractivity contribution in [3.63, 3.8) is 0 Å². The average molecular weight is 432 g/mol. The van der Waals surface area contributed by atoms with Gasteiger partial charge in [-0.2, -0.15) is 8.42 Å². The molecule has 0 amide bonds. The van der Waals surface area contributed by atoms with E-state index >= 15 is 0 Å². The Hall–Kier alpha value is -3.20. The van der Waals surface area contributed by atoms with E-state index in [1.54, 1.807) is 6.07 Å². The highest BCUT2D eigenvalue weighted by molar-refractivity contribution is 7.87. The van der Waals surface area contributed by atoms with E-state index in [0.717, 1.165) is 43.5 Å². The first-order chi connectivity index (χ1) is 14.1. The van der Waals surface area contributed by atoms with Crippen LogP contribution in [0.3, 0.4) is 0 Å². The molecule has 2 aromatic carbocycles. The summed E-state index contributed by atoms with van der Waals surface area (Å²) in [5, 5.41) is 0. The van der Waals surface area contributed by atoms with Crippen LogP contribution in [0.2, 0.25) is 0 Å². The van der Waals surface area contributed by atoms with E-state index in [-0.39, 0.29) is 40.6 Å². The fourth-order valence-electron chi connectivity index (χ4n) is 3.56. The summed E-state index contributed by atoms with van der Waals surface area (Å²) in [4.78, 5) is 35.9. The van der Waals surface area contributed by atoms with Crippen LogP contribution in [0.1, 0.15) is 61.5 Å². The van der Waals surface area contributed by atoms with E-state index in [0.29, 0.717) is 0 Å². The van der Waals surface area contributed by atoms with Gasteiger partial charge in [-0.3, -0.25) is 4.79 Å². The predicted octanol–water partition coefficient (Wildman–Crippen LogP) is 3.03. The van der Waals surface area contributed by atoms with E-state index in [2.05, 4.69) is 9.47 Å². The standard InChI is InChI=1S/C21H20O8S/c1-11-5-6-17(19-16(22)7-12(2)18(11)19)29-30(25,26)15-9-13(20(23)27-3)8-14(10-15)21(24)28-4/h5-6,8-10,12H,7H2,1-4H3. The number of benzene rings is 2. The Kier molecular flexibility index (Phi) is 5.67. The Morgan fingerprint density at radius 3 is 2.10 bits per heavy atom. The van der Waals surface area contributed by atoms with Crippen LogP contribution >= 0.6 is 0 Å². The highest BCUT2D eigenvalue weighted by Crippen LogP contribution is 2.41. The quantitative estimate of drug-likeness (QED) is 0.523. The van der Waals surface area contributed by atoms with Crippen molar-refractivity contribution in [2.45, 2.75) is 31.1 Å². The zero-order valence-corrected chi connectivity index (χ0v) is 17.7. The number of hydrogen-bond acceptors (Lipinski definition) is 8. The van der Waals surface area contributed by atoms with Gasteiger partial charge in [0.2, 0.25) is 0 Å². The molecular weight excluding hydrogens is 412 g/mol. The second-order valence-corrected chi connectivity index (χ2v) is 8.51. The van der Waals surface area contributed by atoms with Gasteiger partial charge in [-0.25, -0.2) is 9.59 Å². The molecule has 2 aromatic rings. The third-order valence-corrected chi connectivity index (χ3v) is 6.14. The van der Waals surface area contributed by atoms with Crippen molar-refractivity contribution in [1.29, 1.82) is 0 Å². The van der Waals surface area contributed by atoms with E-state index in [9.17, 15) is 22.8 Å². The van der Waals surface area contributed by atoms with E-state index < -0.39 is 27.0 Å². The van der Waals surface area contributed by atoms with Crippen molar-refractivity contribution < 1.29 is 36.5 Å². The summed E-state index contributed by atoms with van der Waals surface area (Å²) < 4.78 is 40.5. The molecule has 1 aliphatic rings. The lowest BCUT2D eigenvalue weighted by molar-refractivity contribution is 0.0598. The molecule has 0 radical (unpaired) electrons. The molecule has 0 saturated heterocycles. The average Bonchev–Trinajstić information content (AvgIpc) is 3.03. The zero-order chi connectivity index (χ0) is 22.2. The van der Waals surface area contributed by atoms with Crippen LogP contribution in [-0.4, -0.2) is 40.4 Å². The molecule has 0 bridgehead atoms. The molecule has 0 heterocycles. The van der Waals surface area contributed by atoms with Crippen molar-refractivity contribution in [2.75, 3.05) is 14.2 Å². The monoisotopic (exact) mass is 432 g/mol. The molecule has 0 aromatic heterocycles. The van der Waals surface area contributed by atoms with Crippen LogP contribution in [0, 0.1) is 6.92 Å². The maximum Gasteiger partial charge on any atom is 0.339 e. The number of ketones is 1. The number of rotatable bonds is 5. The molecule has 158 valence electrons. The molecular formula is C21H20O8S. The molecule has 0 fully saturated rings. The van der Waals surface area contributed by atoms with Gasteiger partial charge in [-0.05, 0) is 48.2 Å². The Morgan fingerprint density at radius 1 is 1.00 bits per heavy atom. The highest BCUT2D eigenvalue weighted by atomic mass is 32.2. The molecule has 9 heteroatoms. The summed E-state index contributed by atoms with van der Waals surface area (Å²) >= 11 is 0. The van der Waals surface area contributed by atoms with Crippen molar-refractivity contribution >= 4 is 27.8 Å². The SMILES string of the molecule is COC(=O)c1cc(C(=O)OC)cc(S(=O)(=O)Oc2ccc(C)c3c2C(=O)CC3C)c1. The van der Waals surface area contributed by atoms with E-state index in [4.69, 9.17) is 4.18 Å². The van der Waals surface area contributed by atoms with Gasteiger partial charge >= 0.3 is 22.1 Å². The molecule has 0 N–H and O–H groups in total. The zero-order valence-electron chi connectivity index (χ0n) is 16.8. The lowest BCUT2D eigenvalue weighted by Crippen LogP contribution is -2.15.